The van der Waals surface area contributed by atoms with E-state index in [1.54, 1.807) is 57.2 Å². The predicted octanol–water partition coefficient (Wildman–Crippen LogP) is 9.23. The molecule has 1 N–H and O–H groups in total. The molecule has 6 rings (SSSR count). The number of imide groups is 1. The van der Waals surface area contributed by atoms with Gasteiger partial charge in [0, 0.05) is 43.5 Å². The number of ether oxygens (including phenoxy) is 3. The third-order valence-corrected chi connectivity index (χ3v) is 10.2. The van der Waals surface area contributed by atoms with Gasteiger partial charge in [0.25, 0.3) is 0 Å². The summed E-state index contributed by atoms with van der Waals surface area (Å²) in [6.07, 6.45) is -1.56. The lowest BCUT2D eigenvalue weighted by molar-refractivity contribution is -0.134. The number of halogens is 3. The van der Waals surface area contributed by atoms with Crippen molar-refractivity contribution in [2.24, 2.45) is 5.92 Å². The van der Waals surface area contributed by atoms with Crippen molar-refractivity contribution in [1.82, 2.24) is 14.7 Å². The van der Waals surface area contributed by atoms with E-state index in [0.717, 1.165) is 16.5 Å². The maximum absolute atomic E-state index is 16.5. The van der Waals surface area contributed by atoms with Crippen LogP contribution < -0.4 is 10.1 Å². The van der Waals surface area contributed by atoms with Gasteiger partial charge in [0.1, 0.15) is 41.5 Å². The lowest BCUT2D eigenvalue weighted by Crippen LogP contribution is -2.52. The van der Waals surface area contributed by atoms with E-state index in [0.29, 0.717) is 17.7 Å². The summed E-state index contributed by atoms with van der Waals surface area (Å²) in [4.78, 5) is 57.8. The Kier molecular flexibility index (Phi) is 12.9. The van der Waals surface area contributed by atoms with Gasteiger partial charge in [-0.1, -0.05) is 55.5 Å². The maximum atomic E-state index is 16.5. The standard InChI is InChI=1S/C44H47F3N4O7/c1-28(29-11-13-31(45)14-12-29)10-20-36(40(52)51-38(27-56-43(51)55)30-8-6-5-7-9-30)39(48-33-17-15-32(46)16-18-33)35-21-19-34(26-37(35)47)57-41(53)49-22-24-50(25-23-49)42(54)58-44(2,3)4/h5-9,11-19,21,26,28,36,38-39,48H,10,20,22-25,27H2,1-4H3/t28-,36+,38+,39+/m0/s1. The second kappa shape index (κ2) is 18.0. The van der Waals surface area contributed by atoms with E-state index in [9.17, 15) is 28.0 Å². The second-order valence-corrected chi connectivity index (χ2v) is 15.5. The van der Waals surface area contributed by atoms with E-state index in [-0.39, 0.29) is 56.4 Å². The van der Waals surface area contributed by atoms with Crippen LogP contribution in [0.5, 0.6) is 5.75 Å². The van der Waals surface area contributed by atoms with Crippen LogP contribution in [0.4, 0.5) is 33.2 Å². The number of anilines is 1. The number of amides is 4. The Morgan fingerprint density at radius 3 is 2.02 bits per heavy atom. The number of carbonyl (C=O) groups excluding carboxylic acids is 4. The van der Waals surface area contributed by atoms with Crippen LogP contribution >= 0.6 is 0 Å². The maximum Gasteiger partial charge on any atom is 0.417 e. The molecule has 0 aromatic heterocycles. The molecule has 306 valence electrons. The molecule has 4 atom stereocenters. The van der Waals surface area contributed by atoms with Gasteiger partial charge in [0.15, 0.2) is 0 Å². The molecule has 14 heteroatoms. The Balaban J connectivity index is 1.29. The van der Waals surface area contributed by atoms with Crippen molar-refractivity contribution in [3.63, 3.8) is 0 Å². The van der Waals surface area contributed by atoms with Crippen molar-refractivity contribution in [3.05, 3.63) is 131 Å². The van der Waals surface area contributed by atoms with Gasteiger partial charge in [-0.2, -0.15) is 0 Å². The fourth-order valence-electron chi connectivity index (χ4n) is 7.09. The average Bonchev–Trinajstić information content (AvgIpc) is 3.59. The fraction of sp³-hybridized carbons (Fsp3) is 0.364. The molecule has 4 amide bonds. The van der Waals surface area contributed by atoms with Crippen LogP contribution in [0.3, 0.4) is 0 Å². The first-order chi connectivity index (χ1) is 27.7. The van der Waals surface area contributed by atoms with Gasteiger partial charge in [0.05, 0.1) is 12.0 Å². The Bertz CT molecular complexity index is 2070. The zero-order valence-electron chi connectivity index (χ0n) is 32.8. The van der Waals surface area contributed by atoms with E-state index in [2.05, 4.69) is 5.32 Å². The highest BCUT2D eigenvalue weighted by molar-refractivity contribution is 5.95. The van der Waals surface area contributed by atoms with E-state index in [1.165, 1.54) is 58.3 Å². The van der Waals surface area contributed by atoms with Crippen LogP contribution in [-0.4, -0.2) is 77.3 Å². The lowest BCUT2D eigenvalue weighted by Gasteiger charge is -2.35. The first-order valence-corrected chi connectivity index (χ1v) is 19.2. The zero-order valence-corrected chi connectivity index (χ0v) is 32.8. The van der Waals surface area contributed by atoms with Gasteiger partial charge in [-0.05, 0) is 93.1 Å². The van der Waals surface area contributed by atoms with E-state index < -0.39 is 65.2 Å². The molecule has 0 spiro atoms. The van der Waals surface area contributed by atoms with Crippen molar-refractivity contribution in [2.45, 2.75) is 64.1 Å². The number of cyclic esters (lactones) is 1. The van der Waals surface area contributed by atoms with Gasteiger partial charge >= 0.3 is 18.3 Å². The average molecular weight is 801 g/mol. The van der Waals surface area contributed by atoms with Gasteiger partial charge < -0.3 is 29.3 Å². The molecule has 4 aromatic carbocycles. The second-order valence-electron chi connectivity index (χ2n) is 15.5. The third-order valence-electron chi connectivity index (χ3n) is 10.2. The molecule has 4 aromatic rings. The first-order valence-electron chi connectivity index (χ1n) is 19.2. The van der Waals surface area contributed by atoms with Gasteiger partial charge in [0.2, 0.25) is 5.91 Å². The minimum absolute atomic E-state index is 0.0201. The van der Waals surface area contributed by atoms with Crippen molar-refractivity contribution in [1.29, 1.82) is 0 Å². The summed E-state index contributed by atoms with van der Waals surface area (Å²) in [5.74, 6) is -3.70. The number of hydrogen-bond acceptors (Lipinski definition) is 8. The normalized spacial score (nSPS) is 17.3. The summed E-state index contributed by atoms with van der Waals surface area (Å²) in [6.45, 7) is 7.94. The molecule has 2 saturated heterocycles. The molecular formula is C44H47F3N4O7. The summed E-state index contributed by atoms with van der Waals surface area (Å²) in [5.41, 5.74) is 1.22. The third kappa shape index (κ3) is 10.3. The van der Waals surface area contributed by atoms with Crippen LogP contribution in [0.1, 0.15) is 75.2 Å². The molecule has 0 bridgehead atoms. The van der Waals surface area contributed by atoms with Crippen molar-refractivity contribution >= 4 is 29.9 Å². The summed E-state index contributed by atoms with van der Waals surface area (Å²) in [6, 6.07) is 22.3. The number of piperazine rings is 1. The Morgan fingerprint density at radius 1 is 0.810 bits per heavy atom. The van der Waals surface area contributed by atoms with Crippen molar-refractivity contribution in [2.75, 3.05) is 38.1 Å². The van der Waals surface area contributed by atoms with Gasteiger partial charge in [-0.3, -0.25) is 4.79 Å². The number of nitrogens with zero attached hydrogens (tertiary/aromatic N) is 3. The predicted molar refractivity (Wildman–Crippen MR) is 209 cm³/mol. The quantitative estimate of drug-likeness (QED) is 0.160. The van der Waals surface area contributed by atoms with E-state index >= 15 is 4.39 Å². The number of benzene rings is 4. The first kappa shape index (κ1) is 41.6. The van der Waals surface area contributed by atoms with E-state index in [4.69, 9.17) is 14.2 Å². The van der Waals surface area contributed by atoms with Crippen LogP contribution in [0.25, 0.3) is 0 Å². The minimum atomic E-state index is -1.13. The van der Waals surface area contributed by atoms with Gasteiger partial charge in [-0.15, -0.1) is 0 Å². The Labute approximate surface area is 335 Å². The highest BCUT2D eigenvalue weighted by Gasteiger charge is 2.44. The summed E-state index contributed by atoms with van der Waals surface area (Å²) >= 11 is 0. The number of carbonyl (C=O) groups is 4. The van der Waals surface area contributed by atoms with Crippen LogP contribution in [0, 0.1) is 23.4 Å². The fourth-order valence-corrected chi connectivity index (χ4v) is 7.09. The highest BCUT2D eigenvalue weighted by atomic mass is 19.1. The topological polar surface area (TPSA) is 118 Å². The highest BCUT2D eigenvalue weighted by Crippen LogP contribution is 2.39. The molecule has 2 aliphatic rings. The van der Waals surface area contributed by atoms with Crippen LogP contribution in [-0.2, 0) is 14.3 Å². The van der Waals surface area contributed by atoms with E-state index in [1.807, 2.05) is 13.0 Å². The Hall–Kier alpha value is -6.05. The molecule has 0 radical (unpaired) electrons. The molecule has 0 saturated carbocycles. The molecule has 58 heavy (non-hydrogen) atoms. The molecule has 11 nitrogen and oxygen atoms in total. The molecule has 0 unspecified atom stereocenters. The van der Waals surface area contributed by atoms with Gasteiger partial charge in [-0.25, -0.2) is 32.5 Å². The smallest absolute Gasteiger partial charge is 0.417 e. The monoisotopic (exact) mass is 800 g/mol. The zero-order chi connectivity index (χ0) is 41.6. The summed E-state index contributed by atoms with van der Waals surface area (Å²) in [5, 5.41) is 3.23. The SMILES string of the molecule is C[C@@H](CC[C@@H](C(=O)N1C(=O)OC[C@@H]1c1ccccc1)[C@H](Nc1ccc(F)cc1)c1ccc(OC(=O)N2CCN(C(=O)OC(C)(C)C)CC2)cc1F)c1ccc(F)cc1. The molecule has 2 fully saturated rings. The number of rotatable bonds is 11. The summed E-state index contributed by atoms with van der Waals surface area (Å²) < 4.78 is 60.8. The number of hydrogen-bond donors (Lipinski definition) is 1. The van der Waals surface area contributed by atoms with Crippen LogP contribution in [0.15, 0.2) is 97.1 Å². The molecule has 2 aliphatic heterocycles. The number of nitrogens with one attached hydrogen (secondary N) is 1. The van der Waals surface area contributed by atoms with Crippen molar-refractivity contribution in [3.8, 4) is 5.75 Å². The molecule has 2 heterocycles. The minimum Gasteiger partial charge on any atom is -0.446 e. The largest absolute Gasteiger partial charge is 0.446 e. The van der Waals surface area contributed by atoms with Crippen LogP contribution in [0.2, 0.25) is 0 Å². The lowest BCUT2D eigenvalue weighted by atomic mass is 9.83. The van der Waals surface area contributed by atoms with Crippen molar-refractivity contribution < 1.29 is 46.6 Å². The summed E-state index contributed by atoms with van der Waals surface area (Å²) in [7, 11) is 0. The molecule has 0 aliphatic carbocycles. The Morgan fingerprint density at radius 2 is 1.41 bits per heavy atom. The molecular weight excluding hydrogens is 753 g/mol.